The quantitative estimate of drug-likeness (QED) is 0.284. The van der Waals surface area contributed by atoms with Gasteiger partial charge in [0.25, 0.3) is 0 Å². The topological polar surface area (TPSA) is 26.0 Å². The number of unbranched alkanes of at least 4 members (excludes halogenated alkanes) is 12. The van der Waals surface area contributed by atoms with Gasteiger partial charge in [-0.3, -0.25) is 4.70 Å². The lowest BCUT2D eigenvalue weighted by Gasteiger charge is -1.99. The summed E-state index contributed by atoms with van der Waals surface area (Å²) in [5.74, 6) is 0. The number of hydrogen-bond acceptors (Lipinski definition) is 1. The van der Waals surface area contributed by atoms with Crippen LogP contribution in [0.25, 0.3) is 0 Å². The van der Waals surface area contributed by atoms with Gasteiger partial charge in [-0.2, -0.15) is 0 Å². The van der Waals surface area contributed by atoms with Crippen molar-refractivity contribution in [3.8, 4) is 0 Å². The fraction of sp³-hybridized carbons (Fsp3) is 0.889. The Morgan fingerprint density at radius 3 is 1.45 bits per heavy atom. The first-order chi connectivity index (χ1) is 9.41. The molecule has 0 aromatic rings. The molecule has 1 nitrogen and oxygen atoms in total. The Balaban J connectivity index is 0. The second kappa shape index (κ2) is 20.9. The van der Waals surface area contributed by atoms with E-state index in [1.807, 2.05) is 0 Å². The van der Waals surface area contributed by atoms with Crippen LogP contribution in [0.15, 0.2) is 12.2 Å². The third-order valence-electron chi connectivity index (χ3n) is 3.72. The van der Waals surface area contributed by atoms with Crippen molar-refractivity contribution in [1.82, 2.24) is 0 Å². The first-order valence-corrected chi connectivity index (χ1v) is 8.77. The molecule has 0 aliphatic heterocycles. The predicted octanol–water partition coefficient (Wildman–Crippen LogP) is 6.14. The maximum absolute atomic E-state index is 5.47. The van der Waals surface area contributed by atoms with E-state index in [1.54, 1.807) is 0 Å². The average molecular weight is 288 g/mol. The monoisotopic (exact) mass is 287 g/mol. The van der Waals surface area contributed by atoms with Crippen LogP contribution in [0.5, 0.6) is 0 Å². The largest absolute Gasteiger partial charge is 0.330 e. The molecule has 0 aromatic carbocycles. The molecule has 0 heterocycles. The SMILES string of the molecule is CCCCCCCC/C=C\CCCCCCCCN.F. The van der Waals surface area contributed by atoms with Crippen LogP contribution in [-0.2, 0) is 0 Å². The Morgan fingerprint density at radius 1 is 0.600 bits per heavy atom. The molecule has 2 N–H and O–H groups in total. The van der Waals surface area contributed by atoms with Crippen molar-refractivity contribution in [3.05, 3.63) is 12.2 Å². The maximum atomic E-state index is 5.47. The fourth-order valence-corrected chi connectivity index (χ4v) is 2.39. The second-order valence-electron chi connectivity index (χ2n) is 5.73. The zero-order chi connectivity index (χ0) is 14.0. The summed E-state index contributed by atoms with van der Waals surface area (Å²) in [6.45, 7) is 3.14. The molecule has 0 atom stereocenters. The van der Waals surface area contributed by atoms with Gasteiger partial charge in [-0.15, -0.1) is 0 Å². The van der Waals surface area contributed by atoms with E-state index in [0.29, 0.717) is 0 Å². The van der Waals surface area contributed by atoms with Crippen molar-refractivity contribution >= 4 is 0 Å². The summed E-state index contributed by atoms with van der Waals surface area (Å²) >= 11 is 0. The minimum atomic E-state index is 0. The molecule has 122 valence electrons. The van der Waals surface area contributed by atoms with Crippen LogP contribution < -0.4 is 5.73 Å². The summed E-state index contributed by atoms with van der Waals surface area (Å²) in [5.41, 5.74) is 5.47. The lowest BCUT2D eigenvalue weighted by molar-refractivity contribution is 0.599. The molecule has 0 saturated carbocycles. The van der Waals surface area contributed by atoms with Crippen molar-refractivity contribution < 1.29 is 4.70 Å². The van der Waals surface area contributed by atoms with Gasteiger partial charge in [-0.1, -0.05) is 76.9 Å². The standard InChI is InChI=1S/C18H37N.FH/c1-2-3-4-5-6-7-8-9-10-11-12-13-14-15-16-17-18-19;/h9-10H,2-8,11-19H2,1H3;1H/b10-9-;. The van der Waals surface area contributed by atoms with Gasteiger partial charge < -0.3 is 5.73 Å². The highest BCUT2D eigenvalue weighted by molar-refractivity contribution is 4.81. The van der Waals surface area contributed by atoms with E-state index in [9.17, 15) is 0 Å². The van der Waals surface area contributed by atoms with E-state index >= 15 is 0 Å². The van der Waals surface area contributed by atoms with E-state index < -0.39 is 0 Å². The first kappa shape index (κ1) is 21.9. The van der Waals surface area contributed by atoms with Crippen molar-refractivity contribution in [1.29, 1.82) is 0 Å². The van der Waals surface area contributed by atoms with Gasteiger partial charge in [0.05, 0.1) is 0 Å². The molecule has 2 heteroatoms. The highest BCUT2D eigenvalue weighted by atomic mass is 19.0. The summed E-state index contributed by atoms with van der Waals surface area (Å²) in [6.07, 6.45) is 23.9. The van der Waals surface area contributed by atoms with Gasteiger partial charge in [-0.05, 0) is 38.6 Å². The second-order valence-corrected chi connectivity index (χ2v) is 5.73. The molecule has 20 heavy (non-hydrogen) atoms. The van der Waals surface area contributed by atoms with Crippen LogP contribution in [0.1, 0.15) is 96.8 Å². The van der Waals surface area contributed by atoms with Crippen LogP contribution in [0.3, 0.4) is 0 Å². The Morgan fingerprint density at radius 2 is 1.00 bits per heavy atom. The highest BCUT2D eigenvalue weighted by Gasteiger charge is 1.90. The van der Waals surface area contributed by atoms with Crippen molar-refractivity contribution in [3.63, 3.8) is 0 Å². The van der Waals surface area contributed by atoms with E-state index in [2.05, 4.69) is 19.1 Å². The normalized spacial score (nSPS) is 10.9. The van der Waals surface area contributed by atoms with E-state index in [4.69, 9.17) is 5.73 Å². The highest BCUT2D eigenvalue weighted by Crippen LogP contribution is 2.09. The number of rotatable bonds is 15. The molecule has 0 aliphatic carbocycles. The Hall–Kier alpha value is -0.370. The molecule has 0 spiro atoms. The molecule has 0 saturated heterocycles. The van der Waals surface area contributed by atoms with Crippen molar-refractivity contribution in [2.75, 3.05) is 6.54 Å². The number of allylic oxidation sites excluding steroid dienone is 2. The Kier molecular flexibility index (Phi) is 22.9. The van der Waals surface area contributed by atoms with E-state index in [1.165, 1.54) is 89.9 Å². The maximum Gasteiger partial charge on any atom is -0.00773 e. The lowest BCUT2D eigenvalue weighted by atomic mass is 10.1. The van der Waals surface area contributed by atoms with Gasteiger partial charge in [0, 0.05) is 0 Å². The average Bonchev–Trinajstić information content (AvgIpc) is 2.43. The van der Waals surface area contributed by atoms with E-state index in [0.717, 1.165) is 6.54 Å². The zero-order valence-corrected chi connectivity index (χ0v) is 13.7. The van der Waals surface area contributed by atoms with Crippen LogP contribution in [0, 0.1) is 0 Å². The first-order valence-electron chi connectivity index (χ1n) is 8.77. The summed E-state index contributed by atoms with van der Waals surface area (Å²) < 4.78 is 0. The van der Waals surface area contributed by atoms with Crippen LogP contribution in [0.2, 0.25) is 0 Å². The number of hydrogen-bond donors (Lipinski definition) is 1. The number of nitrogens with two attached hydrogens (primary N) is 1. The van der Waals surface area contributed by atoms with Gasteiger partial charge in [0.1, 0.15) is 0 Å². The molecule has 0 unspecified atom stereocenters. The van der Waals surface area contributed by atoms with Crippen LogP contribution in [-0.4, -0.2) is 6.54 Å². The van der Waals surface area contributed by atoms with Gasteiger partial charge in [0.2, 0.25) is 0 Å². The minimum Gasteiger partial charge on any atom is -0.330 e. The Labute approximate surface area is 126 Å². The molecule has 0 bridgehead atoms. The third kappa shape index (κ3) is 20.0. The molecular formula is C18H38FN. The summed E-state index contributed by atoms with van der Waals surface area (Å²) in [5, 5.41) is 0. The minimum absolute atomic E-state index is 0. The van der Waals surface area contributed by atoms with Gasteiger partial charge in [-0.25, -0.2) is 0 Å². The summed E-state index contributed by atoms with van der Waals surface area (Å²) in [4.78, 5) is 0. The predicted molar refractivity (Wildman–Crippen MR) is 91.0 cm³/mol. The molecule has 0 aliphatic rings. The molecule has 0 aromatic heterocycles. The zero-order valence-electron chi connectivity index (χ0n) is 13.7. The lowest BCUT2D eigenvalue weighted by Crippen LogP contribution is -1.97. The Bertz CT molecular complexity index is 180. The molecular weight excluding hydrogens is 249 g/mol. The molecule has 0 amide bonds. The van der Waals surface area contributed by atoms with Crippen molar-refractivity contribution in [2.24, 2.45) is 5.73 Å². The van der Waals surface area contributed by atoms with E-state index in [-0.39, 0.29) is 4.70 Å². The summed E-state index contributed by atoms with van der Waals surface area (Å²) in [6, 6.07) is 0. The fourth-order valence-electron chi connectivity index (χ4n) is 2.39. The molecule has 0 rings (SSSR count). The van der Waals surface area contributed by atoms with Crippen molar-refractivity contribution in [2.45, 2.75) is 96.8 Å². The molecule has 0 fully saturated rings. The third-order valence-corrected chi connectivity index (χ3v) is 3.72. The van der Waals surface area contributed by atoms with Crippen LogP contribution >= 0.6 is 0 Å². The van der Waals surface area contributed by atoms with Crippen LogP contribution in [0.4, 0.5) is 4.70 Å². The molecule has 0 radical (unpaired) electrons. The number of halogens is 1. The smallest absolute Gasteiger partial charge is 0.00773 e. The van der Waals surface area contributed by atoms with Gasteiger partial charge in [0.15, 0.2) is 0 Å². The summed E-state index contributed by atoms with van der Waals surface area (Å²) in [7, 11) is 0. The van der Waals surface area contributed by atoms with Gasteiger partial charge >= 0.3 is 0 Å².